The molecule has 0 fully saturated rings. The summed E-state index contributed by atoms with van der Waals surface area (Å²) in [6.45, 7) is 1.87. The molecule has 18 heavy (non-hydrogen) atoms. The highest BCUT2D eigenvalue weighted by Gasteiger charge is 2.19. The number of carbonyl (C=O) groups is 1. The minimum atomic E-state index is -1.03. The Hall–Kier alpha value is -1.27. The number of halogens is 1. The first-order valence-corrected chi connectivity index (χ1v) is 6.10. The van der Waals surface area contributed by atoms with Gasteiger partial charge in [0, 0.05) is 0 Å². The van der Waals surface area contributed by atoms with Gasteiger partial charge in [0.15, 0.2) is 11.5 Å². The number of ether oxygens (including phenoxy) is 2. The number of hydrogen-bond donors (Lipinski definition) is 2. The molecule has 0 heterocycles. The van der Waals surface area contributed by atoms with Crippen LogP contribution in [0.25, 0.3) is 0 Å². The van der Waals surface area contributed by atoms with Crippen molar-refractivity contribution in [2.75, 3.05) is 14.2 Å². The van der Waals surface area contributed by atoms with E-state index in [4.69, 9.17) is 20.3 Å². The van der Waals surface area contributed by atoms with Crippen molar-refractivity contribution in [3.8, 4) is 11.5 Å². The number of aliphatic carboxylic acids is 1. The molecular weight excluding hydrogens is 302 g/mol. The second-order valence-corrected chi connectivity index (χ2v) is 4.65. The Balaban J connectivity index is 3.21. The molecule has 1 rings (SSSR count). The average Bonchev–Trinajstić information content (AvgIpc) is 2.34. The molecule has 6 heteroatoms. The van der Waals surface area contributed by atoms with Crippen molar-refractivity contribution >= 4 is 21.9 Å². The summed E-state index contributed by atoms with van der Waals surface area (Å²) in [5.41, 5.74) is 7.25. The summed E-state index contributed by atoms with van der Waals surface area (Å²) in [5, 5.41) is 8.84. The van der Waals surface area contributed by atoms with Crippen LogP contribution in [0.2, 0.25) is 0 Å². The lowest BCUT2D eigenvalue weighted by atomic mass is 10.0. The van der Waals surface area contributed by atoms with E-state index in [1.807, 2.05) is 6.92 Å². The molecule has 0 bridgehead atoms. The summed E-state index contributed by atoms with van der Waals surface area (Å²) in [4.78, 5) is 10.8. The number of hydrogen-bond acceptors (Lipinski definition) is 4. The molecule has 0 aliphatic carbocycles. The van der Waals surface area contributed by atoms with E-state index in [1.54, 1.807) is 13.2 Å². The van der Waals surface area contributed by atoms with Crippen molar-refractivity contribution in [3.63, 3.8) is 0 Å². The van der Waals surface area contributed by atoms with Crippen LogP contribution in [0.4, 0.5) is 0 Å². The van der Waals surface area contributed by atoms with E-state index in [9.17, 15) is 4.79 Å². The zero-order valence-electron chi connectivity index (χ0n) is 10.5. The number of carboxylic acid groups (broad SMARTS) is 1. The SMILES string of the molecule is COc1cc(CC(N)C(=O)O)c(C)c(Br)c1OC. The number of benzene rings is 1. The summed E-state index contributed by atoms with van der Waals surface area (Å²) < 4.78 is 11.2. The van der Waals surface area contributed by atoms with Gasteiger partial charge in [-0.3, -0.25) is 4.79 Å². The summed E-state index contributed by atoms with van der Waals surface area (Å²) in [5.74, 6) is 0.102. The molecule has 0 saturated carbocycles. The van der Waals surface area contributed by atoms with Crippen LogP contribution in [-0.4, -0.2) is 31.3 Å². The summed E-state index contributed by atoms with van der Waals surface area (Å²) in [6.07, 6.45) is 0.236. The van der Waals surface area contributed by atoms with Gasteiger partial charge >= 0.3 is 5.97 Å². The van der Waals surface area contributed by atoms with Gasteiger partial charge in [0.05, 0.1) is 18.7 Å². The maximum absolute atomic E-state index is 10.8. The minimum Gasteiger partial charge on any atom is -0.493 e. The van der Waals surface area contributed by atoms with Gasteiger partial charge < -0.3 is 20.3 Å². The van der Waals surface area contributed by atoms with Crippen molar-refractivity contribution < 1.29 is 19.4 Å². The van der Waals surface area contributed by atoms with Gasteiger partial charge in [-0.15, -0.1) is 0 Å². The molecular formula is C12H16BrNO4. The van der Waals surface area contributed by atoms with Gasteiger partial charge in [0.2, 0.25) is 0 Å². The van der Waals surface area contributed by atoms with Crippen molar-refractivity contribution in [3.05, 3.63) is 21.7 Å². The van der Waals surface area contributed by atoms with Crippen LogP contribution < -0.4 is 15.2 Å². The average molecular weight is 318 g/mol. The summed E-state index contributed by atoms with van der Waals surface area (Å²) in [7, 11) is 3.07. The molecule has 0 aliphatic rings. The van der Waals surface area contributed by atoms with Crippen molar-refractivity contribution in [1.82, 2.24) is 0 Å². The third-order valence-corrected chi connectivity index (χ3v) is 3.68. The lowest BCUT2D eigenvalue weighted by molar-refractivity contribution is -0.138. The predicted molar refractivity (Wildman–Crippen MR) is 71.3 cm³/mol. The van der Waals surface area contributed by atoms with E-state index < -0.39 is 12.0 Å². The Labute approximate surface area is 114 Å². The predicted octanol–water partition coefficient (Wildman–Crippen LogP) is 1.73. The molecule has 100 valence electrons. The highest BCUT2D eigenvalue weighted by atomic mass is 79.9. The molecule has 0 aromatic heterocycles. The Morgan fingerprint density at radius 1 is 1.50 bits per heavy atom. The van der Waals surface area contributed by atoms with Crippen LogP contribution in [-0.2, 0) is 11.2 Å². The van der Waals surface area contributed by atoms with Crippen LogP contribution in [0.15, 0.2) is 10.5 Å². The fourth-order valence-electron chi connectivity index (χ4n) is 1.63. The first-order chi connectivity index (χ1) is 8.42. The second-order valence-electron chi connectivity index (χ2n) is 3.86. The Kier molecular flexibility index (Phi) is 4.98. The molecule has 1 atom stereocenters. The van der Waals surface area contributed by atoms with Gasteiger partial charge in [-0.05, 0) is 46.5 Å². The number of carboxylic acids is 1. The fourth-order valence-corrected chi connectivity index (χ4v) is 2.24. The van der Waals surface area contributed by atoms with E-state index in [0.29, 0.717) is 11.5 Å². The van der Waals surface area contributed by atoms with Crippen LogP contribution in [0, 0.1) is 6.92 Å². The Bertz CT molecular complexity index is 462. The van der Waals surface area contributed by atoms with Crippen LogP contribution in [0.3, 0.4) is 0 Å². The molecule has 0 spiro atoms. The van der Waals surface area contributed by atoms with Crippen LogP contribution in [0.1, 0.15) is 11.1 Å². The molecule has 1 aromatic carbocycles. The number of methoxy groups -OCH3 is 2. The summed E-state index contributed by atoms with van der Waals surface area (Å²) >= 11 is 3.42. The van der Waals surface area contributed by atoms with E-state index in [2.05, 4.69) is 15.9 Å². The van der Waals surface area contributed by atoms with Crippen molar-refractivity contribution in [2.24, 2.45) is 5.73 Å². The molecule has 1 unspecified atom stereocenters. The number of rotatable bonds is 5. The Morgan fingerprint density at radius 2 is 2.11 bits per heavy atom. The monoisotopic (exact) mass is 317 g/mol. The zero-order chi connectivity index (χ0) is 13.9. The van der Waals surface area contributed by atoms with Gasteiger partial charge in [0.25, 0.3) is 0 Å². The van der Waals surface area contributed by atoms with Gasteiger partial charge in [-0.25, -0.2) is 0 Å². The van der Waals surface area contributed by atoms with Crippen LogP contribution >= 0.6 is 15.9 Å². The molecule has 5 nitrogen and oxygen atoms in total. The maximum Gasteiger partial charge on any atom is 0.320 e. The minimum absolute atomic E-state index is 0.236. The van der Waals surface area contributed by atoms with E-state index in [-0.39, 0.29) is 6.42 Å². The molecule has 0 amide bonds. The lowest BCUT2D eigenvalue weighted by Gasteiger charge is -2.16. The first-order valence-electron chi connectivity index (χ1n) is 5.30. The fraction of sp³-hybridized carbons (Fsp3) is 0.417. The quantitative estimate of drug-likeness (QED) is 0.864. The van der Waals surface area contributed by atoms with Crippen molar-refractivity contribution in [1.29, 1.82) is 0 Å². The van der Waals surface area contributed by atoms with Crippen LogP contribution in [0.5, 0.6) is 11.5 Å². The molecule has 1 aromatic rings. The normalized spacial score (nSPS) is 12.1. The van der Waals surface area contributed by atoms with E-state index in [1.165, 1.54) is 7.11 Å². The third kappa shape index (κ3) is 2.94. The van der Waals surface area contributed by atoms with Gasteiger partial charge in [-0.2, -0.15) is 0 Å². The third-order valence-electron chi connectivity index (χ3n) is 2.72. The topological polar surface area (TPSA) is 81.8 Å². The zero-order valence-corrected chi connectivity index (χ0v) is 12.1. The highest BCUT2D eigenvalue weighted by Crippen LogP contribution is 2.39. The highest BCUT2D eigenvalue weighted by molar-refractivity contribution is 9.10. The van der Waals surface area contributed by atoms with E-state index >= 15 is 0 Å². The molecule has 0 aliphatic heterocycles. The second kappa shape index (κ2) is 6.06. The molecule has 3 N–H and O–H groups in total. The lowest BCUT2D eigenvalue weighted by Crippen LogP contribution is -2.32. The Morgan fingerprint density at radius 3 is 2.56 bits per heavy atom. The first kappa shape index (κ1) is 14.8. The van der Waals surface area contributed by atoms with Crippen molar-refractivity contribution in [2.45, 2.75) is 19.4 Å². The summed E-state index contributed by atoms with van der Waals surface area (Å²) in [6, 6.07) is 0.815. The standard InChI is InChI=1S/C12H16BrNO4/c1-6-7(4-8(14)12(15)16)5-9(17-2)11(18-3)10(6)13/h5,8H,4,14H2,1-3H3,(H,15,16). The maximum atomic E-state index is 10.8. The molecule has 0 radical (unpaired) electrons. The number of nitrogens with two attached hydrogens (primary N) is 1. The smallest absolute Gasteiger partial charge is 0.320 e. The van der Waals surface area contributed by atoms with E-state index in [0.717, 1.165) is 15.6 Å². The van der Waals surface area contributed by atoms with Gasteiger partial charge in [-0.1, -0.05) is 0 Å². The van der Waals surface area contributed by atoms with Gasteiger partial charge in [0.1, 0.15) is 6.04 Å². The molecule has 0 saturated heterocycles. The largest absolute Gasteiger partial charge is 0.493 e.